The van der Waals surface area contributed by atoms with Gasteiger partial charge in [0.25, 0.3) is 0 Å². The predicted molar refractivity (Wildman–Crippen MR) is 229 cm³/mol. The van der Waals surface area contributed by atoms with Crippen LogP contribution < -0.4 is 0 Å². The summed E-state index contributed by atoms with van der Waals surface area (Å²) in [6, 6.07) is 66.3. The van der Waals surface area contributed by atoms with E-state index in [0.717, 1.165) is 33.0 Å². The largest absolute Gasteiger partial charge is 0.454 e. The number of furan rings is 1. The Kier molecular flexibility index (Phi) is 6.09. The molecule has 2 aromatic heterocycles. The maximum Gasteiger partial charge on any atom is 0.159 e. The van der Waals surface area contributed by atoms with E-state index >= 15 is 0 Å². The average Bonchev–Trinajstić information content (AvgIpc) is 3.81. The van der Waals surface area contributed by atoms with E-state index in [1.165, 1.54) is 87.2 Å². The van der Waals surface area contributed by atoms with Crippen LogP contribution in [0.3, 0.4) is 0 Å². The smallest absolute Gasteiger partial charge is 0.159 e. The Morgan fingerprint density at radius 1 is 0.333 bits per heavy atom. The van der Waals surface area contributed by atoms with Gasteiger partial charge in [0.15, 0.2) is 5.58 Å². The third kappa shape index (κ3) is 4.22. The molecule has 12 aromatic rings. The Morgan fingerprint density at radius 2 is 0.889 bits per heavy atom. The predicted octanol–water partition coefficient (Wildman–Crippen LogP) is 14.8. The molecule has 0 aliphatic carbocycles. The van der Waals surface area contributed by atoms with E-state index in [1.807, 2.05) is 0 Å². The molecule has 250 valence electrons. The summed E-state index contributed by atoms with van der Waals surface area (Å²) >= 11 is 0. The van der Waals surface area contributed by atoms with Gasteiger partial charge in [0.2, 0.25) is 0 Å². The number of hydrogen-bond acceptors (Lipinski definition) is 1. The maximum absolute atomic E-state index is 6.59. The Labute approximate surface area is 310 Å². The maximum atomic E-state index is 6.59. The van der Waals surface area contributed by atoms with E-state index in [-0.39, 0.29) is 0 Å². The molecule has 0 radical (unpaired) electrons. The zero-order chi connectivity index (χ0) is 35.3. The molecule has 0 aliphatic heterocycles. The molecule has 0 spiro atoms. The Hall–Kier alpha value is -7.16. The van der Waals surface area contributed by atoms with Crippen molar-refractivity contribution in [2.75, 3.05) is 0 Å². The molecule has 0 fully saturated rings. The van der Waals surface area contributed by atoms with Gasteiger partial charge >= 0.3 is 0 Å². The molecule has 0 bridgehead atoms. The molecule has 12 rings (SSSR count). The fraction of sp³-hybridized carbons (Fsp3) is 0. The second-order valence-electron chi connectivity index (χ2n) is 14.5. The molecule has 10 aromatic carbocycles. The third-order valence-electron chi connectivity index (χ3n) is 11.6. The summed E-state index contributed by atoms with van der Waals surface area (Å²) in [5.41, 5.74) is 11.4. The zero-order valence-electron chi connectivity index (χ0n) is 29.2. The normalized spacial score (nSPS) is 12.1. The lowest BCUT2D eigenvalue weighted by molar-refractivity contribution is 0.672. The van der Waals surface area contributed by atoms with Crippen LogP contribution in [0.1, 0.15) is 0 Å². The van der Waals surface area contributed by atoms with Crippen LogP contribution in [-0.2, 0) is 0 Å². The molecule has 0 atom stereocenters. The van der Waals surface area contributed by atoms with E-state index < -0.39 is 0 Å². The molecule has 2 heteroatoms. The summed E-state index contributed by atoms with van der Waals surface area (Å²) in [6.45, 7) is 0. The van der Waals surface area contributed by atoms with Gasteiger partial charge in [0, 0.05) is 27.1 Å². The molecule has 0 unspecified atom stereocenters. The van der Waals surface area contributed by atoms with Crippen LogP contribution in [0, 0.1) is 0 Å². The second kappa shape index (κ2) is 11.2. The molecular formula is C52H31NO. The number of benzene rings is 10. The topological polar surface area (TPSA) is 28.9 Å². The summed E-state index contributed by atoms with van der Waals surface area (Å²) in [5, 5.41) is 14.7. The summed E-state index contributed by atoms with van der Waals surface area (Å²) < 4.78 is 6.59. The highest BCUT2D eigenvalue weighted by molar-refractivity contribution is 6.26. The Bertz CT molecular complexity index is 3440. The average molecular weight is 686 g/mol. The van der Waals surface area contributed by atoms with Crippen molar-refractivity contribution in [3.8, 4) is 33.4 Å². The van der Waals surface area contributed by atoms with Crippen LogP contribution in [0.25, 0.3) is 120 Å². The van der Waals surface area contributed by atoms with Crippen molar-refractivity contribution < 1.29 is 4.42 Å². The summed E-state index contributed by atoms with van der Waals surface area (Å²) in [4.78, 5) is 3.69. The number of H-pyrrole nitrogens is 1. The van der Waals surface area contributed by atoms with Crippen molar-refractivity contribution in [2.24, 2.45) is 0 Å². The van der Waals surface area contributed by atoms with Crippen LogP contribution >= 0.6 is 0 Å². The van der Waals surface area contributed by atoms with E-state index in [1.54, 1.807) is 0 Å². The van der Waals surface area contributed by atoms with Gasteiger partial charge in [-0.15, -0.1) is 0 Å². The monoisotopic (exact) mass is 685 g/mol. The van der Waals surface area contributed by atoms with Crippen molar-refractivity contribution in [3.63, 3.8) is 0 Å². The number of aromatic amines is 1. The molecule has 2 nitrogen and oxygen atoms in total. The number of aromatic nitrogens is 1. The lowest BCUT2D eigenvalue weighted by Gasteiger charge is -2.18. The minimum atomic E-state index is 0.896. The molecule has 2 heterocycles. The van der Waals surface area contributed by atoms with Gasteiger partial charge in [-0.05, 0) is 113 Å². The van der Waals surface area contributed by atoms with Crippen molar-refractivity contribution in [3.05, 3.63) is 182 Å². The fourth-order valence-electron chi connectivity index (χ4n) is 9.09. The first-order chi connectivity index (χ1) is 26.8. The molecule has 0 saturated carbocycles. The van der Waals surface area contributed by atoms with Gasteiger partial charge in [-0.3, -0.25) is 0 Å². The van der Waals surface area contributed by atoms with Crippen molar-refractivity contribution in [2.45, 2.75) is 0 Å². The van der Waals surface area contributed by atoms with Crippen LogP contribution in [0.4, 0.5) is 0 Å². The minimum absolute atomic E-state index is 0.896. The number of fused-ring (bicyclic) bond motifs is 12. The van der Waals surface area contributed by atoms with Crippen molar-refractivity contribution >= 4 is 86.8 Å². The van der Waals surface area contributed by atoms with E-state index in [9.17, 15) is 0 Å². The van der Waals surface area contributed by atoms with E-state index in [2.05, 4.69) is 187 Å². The van der Waals surface area contributed by atoms with Gasteiger partial charge in [-0.25, -0.2) is 0 Å². The molecule has 0 saturated heterocycles. The minimum Gasteiger partial charge on any atom is -0.454 e. The SMILES string of the molecule is c1ccc(-c2c3ccccc3c(-c3ccc4cc(-c5ccc6oc7c(ccc8c7[nH]c7ccc9ccccc9c78)c6c5)ccc4c3)c3ccccc23)cc1. The van der Waals surface area contributed by atoms with Crippen molar-refractivity contribution in [1.82, 2.24) is 4.98 Å². The first kappa shape index (κ1) is 29.4. The summed E-state index contributed by atoms with van der Waals surface area (Å²) in [5.74, 6) is 0. The Morgan fingerprint density at radius 3 is 1.63 bits per heavy atom. The van der Waals surface area contributed by atoms with Crippen LogP contribution in [-0.4, -0.2) is 4.98 Å². The molecule has 0 aliphatic rings. The number of hydrogen-bond donors (Lipinski definition) is 1. The lowest BCUT2D eigenvalue weighted by Crippen LogP contribution is -1.90. The third-order valence-corrected chi connectivity index (χ3v) is 11.6. The van der Waals surface area contributed by atoms with Gasteiger partial charge in [-0.2, -0.15) is 0 Å². The molecule has 1 N–H and O–H groups in total. The standard InChI is InChI=1S/C52H31NO/c1-2-11-32(12-3-1)48-39-14-6-8-16-41(39)49(42-17-9-7-15-40(42)48)37-21-20-33-28-34(18-19-35(33)29-37)36-23-27-47-45(30-36)43-24-25-44-50-38-13-5-4-10-31(38)22-26-46(50)53-51(44)52(43)54-47/h1-30,53H. The van der Waals surface area contributed by atoms with Crippen molar-refractivity contribution in [1.29, 1.82) is 0 Å². The van der Waals surface area contributed by atoms with Gasteiger partial charge in [0.1, 0.15) is 5.58 Å². The summed E-state index contributed by atoms with van der Waals surface area (Å²) in [7, 11) is 0. The second-order valence-corrected chi connectivity index (χ2v) is 14.5. The molecule has 54 heavy (non-hydrogen) atoms. The fourth-order valence-corrected chi connectivity index (χ4v) is 9.09. The molecule has 0 amide bonds. The highest BCUT2D eigenvalue weighted by atomic mass is 16.3. The van der Waals surface area contributed by atoms with Gasteiger partial charge in [0.05, 0.1) is 5.52 Å². The zero-order valence-corrected chi connectivity index (χ0v) is 29.2. The van der Waals surface area contributed by atoms with Crippen LogP contribution in [0.2, 0.25) is 0 Å². The van der Waals surface area contributed by atoms with Crippen LogP contribution in [0.15, 0.2) is 186 Å². The van der Waals surface area contributed by atoms with Gasteiger partial charge < -0.3 is 9.40 Å². The van der Waals surface area contributed by atoms with E-state index in [4.69, 9.17) is 4.42 Å². The first-order valence-corrected chi connectivity index (χ1v) is 18.6. The highest BCUT2D eigenvalue weighted by Gasteiger charge is 2.18. The molecular weight excluding hydrogens is 655 g/mol. The van der Waals surface area contributed by atoms with Crippen LogP contribution in [0.5, 0.6) is 0 Å². The lowest BCUT2D eigenvalue weighted by atomic mass is 9.85. The first-order valence-electron chi connectivity index (χ1n) is 18.6. The van der Waals surface area contributed by atoms with E-state index in [0.29, 0.717) is 0 Å². The number of rotatable bonds is 3. The Balaban J connectivity index is 0.980. The quantitative estimate of drug-likeness (QED) is 0.184. The van der Waals surface area contributed by atoms with Gasteiger partial charge in [-0.1, -0.05) is 146 Å². The number of nitrogens with one attached hydrogen (secondary N) is 1. The highest BCUT2D eigenvalue weighted by Crippen LogP contribution is 2.45. The summed E-state index contributed by atoms with van der Waals surface area (Å²) in [6.07, 6.45) is 0.